The second-order valence-corrected chi connectivity index (χ2v) is 5.16. The molecular weight excluding hydrogens is 242 g/mol. The van der Waals surface area contributed by atoms with E-state index in [1.807, 2.05) is 10.9 Å². The van der Waals surface area contributed by atoms with Crippen molar-refractivity contribution < 1.29 is 4.74 Å². The standard InChI is InChI=1S/C13H25N5O/c1-3-14-8-13-10-18(16-15-13)7-6-17-5-4-12(9-17)11-19-2/h10,12,14H,3-9,11H2,1-2H3. The summed E-state index contributed by atoms with van der Waals surface area (Å²) in [5, 5.41) is 11.6. The number of nitrogens with zero attached hydrogens (tertiary/aromatic N) is 4. The monoisotopic (exact) mass is 267 g/mol. The molecule has 0 aliphatic carbocycles. The number of ether oxygens (including phenoxy) is 1. The van der Waals surface area contributed by atoms with Gasteiger partial charge in [0.25, 0.3) is 0 Å². The number of hydrogen-bond donors (Lipinski definition) is 1. The predicted octanol–water partition coefficient (Wildman–Crippen LogP) is 0.356. The molecule has 0 aromatic carbocycles. The van der Waals surface area contributed by atoms with Crippen molar-refractivity contribution in [3.63, 3.8) is 0 Å². The van der Waals surface area contributed by atoms with Gasteiger partial charge in [-0.2, -0.15) is 0 Å². The summed E-state index contributed by atoms with van der Waals surface area (Å²) in [5.41, 5.74) is 1.01. The first kappa shape index (κ1) is 14.4. The van der Waals surface area contributed by atoms with Crippen molar-refractivity contribution in [1.29, 1.82) is 0 Å². The fraction of sp³-hybridized carbons (Fsp3) is 0.846. The molecule has 0 bridgehead atoms. The molecule has 1 aliphatic heterocycles. The molecule has 6 nitrogen and oxygen atoms in total. The molecule has 1 fully saturated rings. The lowest BCUT2D eigenvalue weighted by Gasteiger charge is -2.15. The second-order valence-electron chi connectivity index (χ2n) is 5.16. The lowest BCUT2D eigenvalue weighted by Crippen LogP contribution is -2.26. The van der Waals surface area contributed by atoms with E-state index in [0.717, 1.165) is 45.0 Å². The summed E-state index contributed by atoms with van der Waals surface area (Å²) < 4.78 is 7.16. The molecule has 0 amide bonds. The summed E-state index contributed by atoms with van der Waals surface area (Å²) in [7, 11) is 1.78. The first-order valence-corrected chi connectivity index (χ1v) is 7.12. The Labute approximate surface area is 115 Å². The molecule has 0 spiro atoms. The maximum Gasteiger partial charge on any atom is 0.0964 e. The van der Waals surface area contributed by atoms with Crippen molar-refractivity contribution in [1.82, 2.24) is 25.2 Å². The number of hydrogen-bond acceptors (Lipinski definition) is 5. The van der Waals surface area contributed by atoms with Gasteiger partial charge >= 0.3 is 0 Å². The number of aromatic nitrogens is 3. The first-order chi connectivity index (χ1) is 9.31. The highest BCUT2D eigenvalue weighted by atomic mass is 16.5. The quantitative estimate of drug-likeness (QED) is 0.737. The van der Waals surface area contributed by atoms with Crippen LogP contribution in [0.2, 0.25) is 0 Å². The number of methoxy groups -OCH3 is 1. The van der Waals surface area contributed by atoms with Crippen molar-refractivity contribution in [3.05, 3.63) is 11.9 Å². The summed E-state index contributed by atoms with van der Waals surface area (Å²) in [4.78, 5) is 2.48. The van der Waals surface area contributed by atoms with Gasteiger partial charge in [-0.25, -0.2) is 0 Å². The molecule has 1 aromatic rings. The van der Waals surface area contributed by atoms with Crippen LogP contribution in [0.5, 0.6) is 0 Å². The van der Waals surface area contributed by atoms with Gasteiger partial charge in [0.1, 0.15) is 0 Å². The molecule has 1 atom stereocenters. The minimum absolute atomic E-state index is 0.699. The van der Waals surface area contributed by atoms with E-state index in [2.05, 4.69) is 27.5 Å². The van der Waals surface area contributed by atoms with E-state index in [4.69, 9.17) is 4.74 Å². The fourth-order valence-corrected chi connectivity index (χ4v) is 2.51. The molecule has 19 heavy (non-hydrogen) atoms. The third-order valence-corrected chi connectivity index (χ3v) is 3.56. The summed E-state index contributed by atoms with van der Waals surface area (Å²) >= 11 is 0. The Balaban J connectivity index is 1.69. The van der Waals surface area contributed by atoms with Crippen molar-refractivity contribution >= 4 is 0 Å². The topological polar surface area (TPSA) is 55.2 Å². The summed E-state index contributed by atoms with van der Waals surface area (Å²) in [6.07, 6.45) is 3.28. The SMILES string of the molecule is CCNCc1cn(CCN2CCC(COC)C2)nn1. The van der Waals surface area contributed by atoms with E-state index in [0.29, 0.717) is 5.92 Å². The first-order valence-electron chi connectivity index (χ1n) is 7.12. The van der Waals surface area contributed by atoms with Gasteiger partial charge in [-0.3, -0.25) is 4.68 Å². The molecule has 6 heteroatoms. The second kappa shape index (κ2) is 7.57. The van der Waals surface area contributed by atoms with E-state index in [-0.39, 0.29) is 0 Å². The van der Waals surface area contributed by atoms with Gasteiger partial charge < -0.3 is 15.0 Å². The van der Waals surface area contributed by atoms with Gasteiger partial charge in [-0.15, -0.1) is 5.10 Å². The van der Waals surface area contributed by atoms with Gasteiger partial charge in [-0.1, -0.05) is 12.1 Å². The fourth-order valence-electron chi connectivity index (χ4n) is 2.51. The minimum Gasteiger partial charge on any atom is -0.384 e. The van der Waals surface area contributed by atoms with Gasteiger partial charge in [0.15, 0.2) is 0 Å². The van der Waals surface area contributed by atoms with Crippen molar-refractivity contribution in [2.45, 2.75) is 26.4 Å². The molecule has 2 heterocycles. The zero-order chi connectivity index (χ0) is 13.5. The van der Waals surface area contributed by atoms with E-state index >= 15 is 0 Å². The Hall–Kier alpha value is -0.980. The summed E-state index contributed by atoms with van der Waals surface area (Å²) in [6.45, 7) is 9.02. The zero-order valence-corrected chi connectivity index (χ0v) is 12.0. The molecule has 1 aliphatic rings. The van der Waals surface area contributed by atoms with Crippen molar-refractivity contribution in [3.8, 4) is 0 Å². The van der Waals surface area contributed by atoms with Crippen LogP contribution < -0.4 is 5.32 Å². The van der Waals surface area contributed by atoms with Crippen LogP contribution in [-0.4, -0.2) is 59.8 Å². The Bertz CT molecular complexity index is 368. The van der Waals surface area contributed by atoms with Crippen LogP contribution in [0, 0.1) is 5.92 Å². The van der Waals surface area contributed by atoms with Crippen LogP contribution in [0.1, 0.15) is 19.0 Å². The largest absolute Gasteiger partial charge is 0.384 e. The van der Waals surface area contributed by atoms with Crippen LogP contribution in [0.3, 0.4) is 0 Å². The van der Waals surface area contributed by atoms with E-state index in [1.54, 1.807) is 7.11 Å². The third-order valence-electron chi connectivity index (χ3n) is 3.56. The maximum absolute atomic E-state index is 5.22. The van der Waals surface area contributed by atoms with Gasteiger partial charge in [0.2, 0.25) is 0 Å². The minimum atomic E-state index is 0.699. The van der Waals surface area contributed by atoms with Gasteiger partial charge in [0, 0.05) is 32.9 Å². The number of rotatable bonds is 8. The smallest absolute Gasteiger partial charge is 0.0964 e. The normalized spacial score (nSPS) is 20.2. The van der Waals surface area contributed by atoms with E-state index in [1.165, 1.54) is 13.0 Å². The highest BCUT2D eigenvalue weighted by molar-refractivity contribution is 4.91. The third kappa shape index (κ3) is 4.56. The Kier molecular flexibility index (Phi) is 5.75. The van der Waals surface area contributed by atoms with Crippen molar-refractivity contribution in [2.75, 3.05) is 39.9 Å². The Morgan fingerprint density at radius 3 is 3.16 bits per heavy atom. The maximum atomic E-state index is 5.22. The van der Waals surface area contributed by atoms with E-state index in [9.17, 15) is 0 Å². The number of likely N-dealkylation sites (tertiary alicyclic amines) is 1. The average Bonchev–Trinajstić information content (AvgIpc) is 3.03. The van der Waals surface area contributed by atoms with Gasteiger partial charge in [-0.05, 0) is 25.4 Å². The number of nitrogens with one attached hydrogen (secondary N) is 1. The molecule has 0 radical (unpaired) electrons. The Morgan fingerprint density at radius 2 is 2.37 bits per heavy atom. The summed E-state index contributed by atoms with van der Waals surface area (Å²) in [5.74, 6) is 0.699. The average molecular weight is 267 g/mol. The molecule has 2 rings (SSSR count). The van der Waals surface area contributed by atoms with Crippen LogP contribution >= 0.6 is 0 Å². The lowest BCUT2D eigenvalue weighted by molar-refractivity contribution is 0.152. The molecule has 1 aromatic heterocycles. The molecule has 108 valence electrons. The zero-order valence-electron chi connectivity index (χ0n) is 12.0. The lowest BCUT2D eigenvalue weighted by atomic mass is 10.1. The van der Waals surface area contributed by atoms with E-state index < -0.39 is 0 Å². The molecule has 1 saturated heterocycles. The van der Waals surface area contributed by atoms with Crippen LogP contribution in [-0.2, 0) is 17.8 Å². The predicted molar refractivity (Wildman–Crippen MR) is 73.8 cm³/mol. The van der Waals surface area contributed by atoms with Crippen LogP contribution in [0.4, 0.5) is 0 Å². The van der Waals surface area contributed by atoms with Gasteiger partial charge in [0.05, 0.1) is 18.8 Å². The van der Waals surface area contributed by atoms with Crippen LogP contribution in [0.25, 0.3) is 0 Å². The van der Waals surface area contributed by atoms with Crippen LogP contribution in [0.15, 0.2) is 6.20 Å². The molecular formula is C13H25N5O. The molecule has 0 saturated carbocycles. The highest BCUT2D eigenvalue weighted by Gasteiger charge is 2.21. The Morgan fingerprint density at radius 1 is 1.47 bits per heavy atom. The highest BCUT2D eigenvalue weighted by Crippen LogP contribution is 2.15. The molecule has 1 N–H and O–H groups in total. The summed E-state index contributed by atoms with van der Waals surface area (Å²) in [6, 6.07) is 0. The molecule has 1 unspecified atom stereocenters. The van der Waals surface area contributed by atoms with Crippen molar-refractivity contribution in [2.24, 2.45) is 5.92 Å².